The van der Waals surface area contributed by atoms with Crippen molar-refractivity contribution in [1.29, 1.82) is 0 Å². The molecule has 0 aliphatic carbocycles. The van der Waals surface area contributed by atoms with Crippen LogP contribution in [0, 0.1) is 5.82 Å². The molecule has 2 amide bonds. The lowest BCUT2D eigenvalue weighted by atomic mass is 10.1. The molecule has 0 spiro atoms. The van der Waals surface area contributed by atoms with Crippen molar-refractivity contribution >= 4 is 23.4 Å². The number of nitrogens with zero attached hydrogens (tertiary/aromatic N) is 3. The maximum Gasteiger partial charge on any atom is 0.254 e. The van der Waals surface area contributed by atoms with E-state index in [-0.39, 0.29) is 37.3 Å². The quantitative estimate of drug-likeness (QED) is 0.368. The number of morpholine rings is 1. The molecule has 1 saturated heterocycles. The monoisotopic (exact) mass is 527 g/mol. The van der Waals surface area contributed by atoms with Gasteiger partial charge in [0.25, 0.3) is 5.91 Å². The van der Waals surface area contributed by atoms with Gasteiger partial charge in [-0.15, -0.1) is 0 Å². The van der Waals surface area contributed by atoms with Gasteiger partial charge in [0.15, 0.2) is 0 Å². The van der Waals surface area contributed by atoms with E-state index < -0.39 is 0 Å². The molecule has 0 unspecified atom stereocenters. The minimum absolute atomic E-state index is 0.0908. The van der Waals surface area contributed by atoms with E-state index in [1.54, 1.807) is 64.6 Å². The van der Waals surface area contributed by atoms with Crippen molar-refractivity contribution < 1.29 is 23.1 Å². The number of carbonyl (C=O) groups is 2. The van der Waals surface area contributed by atoms with Crippen LogP contribution in [0.3, 0.4) is 0 Å². The van der Waals surface area contributed by atoms with Gasteiger partial charge in [-0.3, -0.25) is 14.5 Å². The number of benzene rings is 2. The molecule has 196 valence electrons. The van der Waals surface area contributed by atoms with E-state index >= 15 is 0 Å². The molecule has 1 aromatic heterocycles. The van der Waals surface area contributed by atoms with Gasteiger partial charge in [-0.25, -0.2) is 4.39 Å². The number of hydrogen-bond donors (Lipinski definition) is 0. The fourth-order valence-corrected chi connectivity index (χ4v) is 4.36. The van der Waals surface area contributed by atoms with Gasteiger partial charge in [0.2, 0.25) is 5.91 Å². The van der Waals surface area contributed by atoms with Gasteiger partial charge in [0.05, 0.1) is 26.0 Å². The summed E-state index contributed by atoms with van der Waals surface area (Å²) in [6.45, 7) is 4.78. The van der Waals surface area contributed by atoms with Crippen LogP contribution < -0.4 is 0 Å². The summed E-state index contributed by atoms with van der Waals surface area (Å²) in [5, 5.41) is 0.537. The summed E-state index contributed by atoms with van der Waals surface area (Å²) >= 11 is 6.01. The Morgan fingerprint density at radius 3 is 2.35 bits per heavy atom. The Morgan fingerprint density at radius 2 is 1.68 bits per heavy atom. The van der Waals surface area contributed by atoms with Crippen LogP contribution in [0.4, 0.5) is 4.39 Å². The highest BCUT2D eigenvalue weighted by Crippen LogP contribution is 2.15. The molecule has 0 bridgehead atoms. The maximum absolute atomic E-state index is 13.6. The Labute approximate surface area is 221 Å². The summed E-state index contributed by atoms with van der Waals surface area (Å²) in [5.41, 5.74) is 1.25. The van der Waals surface area contributed by atoms with Crippen LogP contribution >= 0.6 is 11.6 Å². The Morgan fingerprint density at radius 1 is 0.946 bits per heavy atom. The molecule has 0 atom stereocenters. The van der Waals surface area contributed by atoms with Crippen molar-refractivity contribution in [2.75, 3.05) is 45.9 Å². The Hall–Kier alpha value is -3.20. The number of hydrogen-bond acceptors (Lipinski definition) is 5. The molecule has 0 saturated carbocycles. The third kappa shape index (κ3) is 8.15. The molecule has 4 rings (SSSR count). The largest absolute Gasteiger partial charge is 0.467 e. The van der Waals surface area contributed by atoms with Crippen molar-refractivity contribution in [3.05, 3.63) is 94.7 Å². The third-order valence-corrected chi connectivity index (χ3v) is 6.53. The number of halogens is 2. The molecule has 7 nitrogen and oxygen atoms in total. The molecule has 1 aliphatic rings. The summed E-state index contributed by atoms with van der Waals surface area (Å²) < 4.78 is 24.3. The predicted octanol–water partition coefficient (Wildman–Crippen LogP) is 4.47. The van der Waals surface area contributed by atoms with E-state index in [9.17, 15) is 14.0 Å². The second-order valence-electron chi connectivity index (χ2n) is 9.00. The molecule has 3 aromatic rings. The Balaban J connectivity index is 1.48. The van der Waals surface area contributed by atoms with Gasteiger partial charge < -0.3 is 19.0 Å². The van der Waals surface area contributed by atoms with E-state index in [1.807, 2.05) is 0 Å². The zero-order chi connectivity index (χ0) is 26.0. The zero-order valence-electron chi connectivity index (χ0n) is 20.7. The minimum atomic E-state index is -0.340. The third-order valence-electron chi connectivity index (χ3n) is 6.28. The SMILES string of the molecule is O=C(CN(CCCN1CCOCC1)C(=O)c1ccc(Cl)cc1)N(Cc1ccc(F)cc1)Cc1ccco1. The van der Waals surface area contributed by atoms with Crippen LogP contribution in [0.2, 0.25) is 5.02 Å². The molecule has 0 N–H and O–H groups in total. The second kappa shape index (κ2) is 13.4. The molecule has 2 aromatic carbocycles. The van der Waals surface area contributed by atoms with Crippen LogP contribution in [0.15, 0.2) is 71.3 Å². The van der Waals surface area contributed by atoms with Crippen molar-refractivity contribution in [3.8, 4) is 0 Å². The number of amides is 2. The number of rotatable bonds is 11. The summed E-state index contributed by atoms with van der Waals surface area (Å²) in [6.07, 6.45) is 2.28. The average molecular weight is 528 g/mol. The smallest absolute Gasteiger partial charge is 0.254 e. The highest BCUT2D eigenvalue weighted by molar-refractivity contribution is 6.30. The fourth-order valence-electron chi connectivity index (χ4n) is 4.23. The lowest BCUT2D eigenvalue weighted by Crippen LogP contribution is -2.44. The first-order valence-electron chi connectivity index (χ1n) is 12.4. The molecule has 0 radical (unpaired) electrons. The van der Waals surface area contributed by atoms with E-state index in [1.165, 1.54) is 12.1 Å². The normalized spacial score (nSPS) is 13.9. The Kier molecular flexibility index (Phi) is 9.71. The standard InChI is InChI=1S/C28H31ClFN3O4/c29-24-8-6-23(7-9-24)28(35)32(13-2-12-31-14-17-36-18-15-31)21-27(34)33(20-26-3-1-16-37-26)19-22-4-10-25(30)11-5-22/h1,3-11,16H,2,12-15,17-21H2. The number of ether oxygens (including phenoxy) is 1. The van der Waals surface area contributed by atoms with Crippen LogP contribution in [-0.4, -0.2) is 72.5 Å². The Bertz CT molecular complexity index is 1130. The first-order chi connectivity index (χ1) is 18.0. The lowest BCUT2D eigenvalue weighted by Gasteiger charge is -2.30. The average Bonchev–Trinajstić information content (AvgIpc) is 3.43. The van der Waals surface area contributed by atoms with Crippen molar-refractivity contribution in [2.45, 2.75) is 19.5 Å². The summed E-state index contributed by atoms with van der Waals surface area (Å²) in [4.78, 5) is 32.5. The molecule has 1 aliphatic heterocycles. The second-order valence-corrected chi connectivity index (χ2v) is 9.43. The zero-order valence-corrected chi connectivity index (χ0v) is 21.4. The topological polar surface area (TPSA) is 66.2 Å². The first-order valence-corrected chi connectivity index (χ1v) is 12.8. The van der Waals surface area contributed by atoms with Gasteiger partial charge >= 0.3 is 0 Å². The maximum atomic E-state index is 13.6. The first kappa shape index (κ1) is 26.9. The van der Waals surface area contributed by atoms with Gasteiger partial charge in [0, 0.05) is 43.3 Å². The minimum Gasteiger partial charge on any atom is -0.467 e. The fraction of sp³-hybridized carbons (Fsp3) is 0.357. The number of carbonyl (C=O) groups excluding carboxylic acids is 2. The van der Waals surface area contributed by atoms with Gasteiger partial charge in [-0.1, -0.05) is 23.7 Å². The predicted molar refractivity (Wildman–Crippen MR) is 139 cm³/mol. The highest BCUT2D eigenvalue weighted by atomic mass is 35.5. The summed E-state index contributed by atoms with van der Waals surface area (Å²) in [5.74, 6) is -0.174. The van der Waals surface area contributed by atoms with Crippen molar-refractivity contribution in [1.82, 2.24) is 14.7 Å². The number of furan rings is 1. The van der Waals surface area contributed by atoms with Crippen molar-refractivity contribution in [3.63, 3.8) is 0 Å². The van der Waals surface area contributed by atoms with Crippen molar-refractivity contribution in [2.24, 2.45) is 0 Å². The van der Waals surface area contributed by atoms with E-state index in [0.29, 0.717) is 36.1 Å². The van der Waals surface area contributed by atoms with Gasteiger partial charge in [-0.05, 0) is 60.5 Å². The highest BCUT2D eigenvalue weighted by Gasteiger charge is 2.24. The van der Waals surface area contributed by atoms with Crippen LogP contribution in [-0.2, 0) is 22.6 Å². The van der Waals surface area contributed by atoms with Crippen LogP contribution in [0.1, 0.15) is 28.1 Å². The lowest BCUT2D eigenvalue weighted by molar-refractivity contribution is -0.133. The van der Waals surface area contributed by atoms with Gasteiger partial charge in [-0.2, -0.15) is 0 Å². The van der Waals surface area contributed by atoms with Gasteiger partial charge in [0.1, 0.15) is 18.1 Å². The molecular weight excluding hydrogens is 497 g/mol. The van der Waals surface area contributed by atoms with E-state index in [0.717, 1.165) is 31.6 Å². The van der Waals surface area contributed by atoms with Crippen LogP contribution in [0.5, 0.6) is 0 Å². The van der Waals surface area contributed by atoms with E-state index in [4.69, 9.17) is 20.8 Å². The molecule has 2 heterocycles. The summed E-state index contributed by atoms with van der Waals surface area (Å²) in [7, 11) is 0. The molecular formula is C28H31ClFN3O4. The molecule has 9 heteroatoms. The molecule has 37 heavy (non-hydrogen) atoms. The van der Waals surface area contributed by atoms with Crippen LogP contribution in [0.25, 0.3) is 0 Å². The summed E-state index contributed by atoms with van der Waals surface area (Å²) in [6, 6.07) is 16.3. The molecule has 1 fully saturated rings. The van der Waals surface area contributed by atoms with E-state index in [2.05, 4.69) is 4.90 Å².